The van der Waals surface area contributed by atoms with Gasteiger partial charge in [0.25, 0.3) is 5.91 Å². The maximum absolute atomic E-state index is 12.4. The highest BCUT2D eigenvalue weighted by Gasteiger charge is 2.23. The smallest absolute Gasteiger partial charge is 0.254 e. The molecule has 0 atom stereocenters. The zero-order chi connectivity index (χ0) is 13.8. The molecule has 19 heavy (non-hydrogen) atoms. The number of β-amino-alcohol motifs (C(OH)–C–C–N with tert-alkyl or cyclic N) is 1. The predicted molar refractivity (Wildman–Crippen MR) is 75.0 cm³/mol. The molecule has 1 fully saturated rings. The van der Waals surface area contributed by atoms with Crippen LogP contribution in [0.4, 0.5) is 5.69 Å². The van der Waals surface area contributed by atoms with Gasteiger partial charge in [-0.05, 0) is 24.6 Å². The number of benzene rings is 1. The second-order valence-corrected chi connectivity index (χ2v) is 4.88. The van der Waals surface area contributed by atoms with E-state index in [1.54, 1.807) is 0 Å². The molecular formula is C14H21N3O2. The van der Waals surface area contributed by atoms with Crippen molar-refractivity contribution in [2.45, 2.75) is 6.92 Å². The molecule has 1 aliphatic rings. The molecule has 0 unspecified atom stereocenters. The Balaban J connectivity index is 2.03. The van der Waals surface area contributed by atoms with Crippen LogP contribution in [-0.2, 0) is 0 Å². The molecule has 0 radical (unpaired) electrons. The summed E-state index contributed by atoms with van der Waals surface area (Å²) in [7, 11) is 0. The Kier molecular flexibility index (Phi) is 4.39. The number of anilines is 1. The number of carbonyl (C=O) groups excluding carboxylic acids is 1. The molecule has 1 aromatic carbocycles. The van der Waals surface area contributed by atoms with Gasteiger partial charge in [0.2, 0.25) is 0 Å². The molecule has 0 saturated carbocycles. The van der Waals surface area contributed by atoms with Crippen molar-refractivity contribution < 1.29 is 9.90 Å². The number of aliphatic hydroxyl groups excluding tert-OH is 1. The van der Waals surface area contributed by atoms with E-state index in [2.05, 4.69) is 4.90 Å². The minimum atomic E-state index is 0.0495. The number of piperazine rings is 1. The summed E-state index contributed by atoms with van der Waals surface area (Å²) in [6, 6.07) is 5.46. The van der Waals surface area contributed by atoms with Crippen LogP contribution >= 0.6 is 0 Å². The van der Waals surface area contributed by atoms with Crippen LogP contribution in [0.2, 0.25) is 0 Å². The van der Waals surface area contributed by atoms with Gasteiger partial charge in [0.1, 0.15) is 0 Å². The van der Waals surface area contributed by atoms with Gasteiger partial charge in [-0.25, -0.2) is 0 Å². The molecule has 1 amide bonds. The molecule has 0 bridgehead atoms. The van der Waals surface area contributed by atoms with Crippen LogP contribution < -0.4 is 5.73 Å². The molecule has 5 nitrogen and oxygen atoms in total. The van der Waals surface area contributed by atoms with E-state index in [4.69, 9.17) is 10.8 Å². The van der Waals surface area contributed by atoms with E-state index in [1.165, 1.54) is 0 Å². The molecule has 5 heteroatoms. The third-order valence-electron chi connectivity index (χ3n) is 3.68. The van der Waals surface area contributed by atoms with E-state index in [0.717, 1.165) is 18.7 Å². The molecule has 1 heterocycles. The molecule has 1 aliphatic heterocycles. The van der Waals surface area contributed by atoms with E-state index in [0.29, 0.717) is 30.9 Å². The largest absolute Gasteiger partial charge is 0.398 e. The predicted octanol–water partition coefficient (Wildman–Crippen LogP) is 0.327. The van der Waals surface area contributed by atoms with E-state index in [1.807, 2.05) is 30.0 Å². The van der Waals surface area contributed by atoms with Crippen molar-refractivity contribution in [2.24, 2.45) is 0 Å². The summed E-state index contributed by atoms with van der Waals surface area (Å²) >= 11 is 0. The number of aliphatic hydroxyl groups is 1. The maximum Gasteiger partial charge on any atom is 0.254 e. The van der Waals surface area contributed by atoms with Crippen molar-refractivity contribution in [1.29, 1.82) is 0 Å². The third kappa shape index (κ3) is 3.05. The summed E-state index contributed by atoms with van der Waals surface area (Å²) in [5.74, 6) is 0.0495. The van der Waals surface area contributed by atoms with Crippen molar-refractivity contribution >= 4 is 11.6 Å². The quantitative estimate of drug-likeness (QED) is 0.771. The molecule has 1 aromatic rings. The summed E-state index contributed by atoms with van der Waals surface area (Å²) in [6.07, 6.45) is 0. The summed E-state index contributed by atoms with van der Waals surface area (Å²) in [5, 5.41) is 8.90. The molecule has 0 aromatic heterocycles. The average Bonchev–Trinajstić information content (AvgIpc) is 2.42. The molecule has 1 saturated heterocycles. The first-order valence-corrected chi connectivity index (χ1v) is 6.61. The first kappa shape index (κ1) is 13.8. The fraction of sp³-hybridized carbons (Fsp3) is 0.500. The van der Waals surface area contributed by atoms with Gasteiger partial charge in [-0.2, -0.15) is 0 Å². The van der Waals surface area contributed by atoms with Crippen LogP contribution in [0.15, 0.2) is 18.2 Å². The number of nitrogen functional groups attached to an aromatic ring is 1. The van der Waals surface area contributed by atoms with E-state index >= 15 is 0 Å². The second-order valence-electron chi connectivity index (χ2n) is 4.88. The summed E-state index contributed by atoms with van der Waals surface area (Å²) < 4.78 is 0. The van der Waals surface area contributed by atoms with Crippen LogP contribution in [0, 0.1) is 6.92 Å². The Labute approximate surface area is 113 Å². The molecule has 2 rings (SSSR count). The SMILES string of the molecule is Cc1c(N)cccc1C(=O)N1CCN(CCO)CC1. The van der Waals surface area contributed by atoms with Crippen LogP contribution in [0.5, 0.6) is 0 Å². The number of carbonyl (C=O) groups is 1. The van der Waals surface area contributed by atoms with E-state index < -0.39 is 0 Å². The Morgan fingerprint density at radius 1 is 1.32 bits per heavy atom. The fourth-order valence-corrected chi connectivity index (χ4v) is 2.37. The molecule has 0 aliphatic carbocycles. The van der Waals surface area contributed by atoms with Crippen molar-refractivity contribution in [2.75, 3.05) is 45.1 Å². The van der Waals surface area contributed by atoms with Gasteiger partial charge in [0.15, 0.2) is 0 Å². The minimum absolute atomic E-state index is 0.0495. The van der Waals surface area contributed by atoms with Crippen molar-refractivity contribution in [3.05, 3.63) is 29.3 Å². The van der Waals surface area contributed by atoms with Crippen LogP contribution in [-0.4, -0.2) is 60.1 Å². The first-order chi connectivity index (χ1) is 9.13. The fourth-order valence-electron chi connectivity index (χ4n) is 2.37. The Morgan fingerprint density at radius 3 is 2.63 bits per heavy atom. The normalized spacial score (nSPS) is 16.6. The average molecular weight is 263 g/mol. The lowest BCUT2D eigenvalue weighted by atomic mass is 10.1. The summed E-state index contributed by atoms with van der Waals surface area (Å²) in [4.78, 5) is 16.5. The number of nitrogens with two attached hydrogens (primary N) is 1. The van der Waals surface area contributed by atoms with Gasteiger partial charge in [-0.15, -0.1) is 0 Å². The topological polar surface area (TPSA) is 69.8 Å². The van der Waals surface area contributed by atoms with Crippen LogP contribution in [0.3, 0.4) is 0 Å². The van der Waals surface area contributed by atoms with Gasteiger partial charge in [0.05, 0.1) is 6.61 Å². The van der Waals surface area contributed by atoms with Gasteiger partial charge in [-0.1, -0.05) is 6.07 Å². The Hall–Kier alpha value is -1.59. The number of nitrogens with zero attached hydrogens (tertiary/aromatic N) is 2. The highest BCUT2D eigenvalue weighted by Crippen LogP contribution is 2.18. The monoisotopic (exact) mass is 263 g/mol. The lowest BCUT2D eigenvalue weighted by Gasteiger charge is -2.34. The summed E-state index contributed by atoms with van der Waals surface area (Å²) in [6.45, 7) is 5.76. The Morgan fingerprint density at radius 2 is 2.00 bits per heavy atom. The highest BCUT2D eigenvalue weighted by molar-refractivity contribution is 5.97. The van der Waals surface area contributed by atoms with Crippen molar-refractivity contribution in [1.82, 2.24) is 9.80 Å². The van der Waals surface area contributed by atoms with Gasteiger partial charge in [-0.3, -0.25) is 9.69 Å². The zero-order valence-corrected chi connectivity index (χ0v) is 11.3. The number of rotatable bonds is 3. The number of hydrogen-bond donors (Lipinski definition) is 2. The van der Waals surface area contributed by atoms with E-state index in [-0.39, 0.29) is 12.5 Å². The molecule has 3 N–H and O–H groups in total. The Bertz CT molecular complexity index is 454. The molecular weight excluding hydrogens is 242 g/mol. The van der Waals surface area contributed by atoms with Gasteiger partial charge < -0.3 is 15.7 Å². The number of hydrogen-bond acceptors (Lipinski definition) is 4. The van der Waals surface area contributed by atoms with Gasteiger partial charge >= 0.3 is 0 Å². The van der Waals surface area contributed by atoms with Crippen molar-refractivity contribution in [3.63, 3.8) is 0 Å². The number of amides is 1. The zero-order valence-electron chi connectivity index (χ0n) is 11.3. The van der Waals surface area contributed by atoms with Crippen molar-refractivity contribution in [3.8, 4) is 0 Å². The van der Waals surface area contributed by atoms with E-state index in [9.17, 15) is 4.79 Å². The van der Waals surface area contributed by atoms with Crippen LogP contribution in [0.25, 0.3) is 0 Å². The maximum atomic E-state index is 12.4. The summed E-state index contributed by atoms with van der Waals surface area (Å²) in [5.41, 5.74) is 8.04. The lowest BCUT2D eigenvalue weighted by molar-refractivity contribution is 0.0614. The minimum Gasteiger partial charge on any atom is -0.398 e. The van der Waals surface area contributed by atoms with Gasteiger partial charge in [0, 0.05) is 44.0 Å². The third-order valence-corrected chi connectivity index (χ3v) is 3.68. The van der Waals surface area contributed by atoms with Crippen LogP contribution in [0.1, 0.15) is 15.9 Å². The lowest BCUT2D eigenvalue weighted by Crippen LogP contribution is -2.49. The highest BCUT2D eigenvalue weighted by atomic mass is 16.3. The second kappa shape index (κ2) is 6.04. The molecule has 0 spiro atoms. The molecule has 104 valence electrons. The standard InChI is InChI=1S/C14H21N3O2/c1-11-12(3-2-4-13(11)15)14(19)17-7-5-16(6-8-17)9-10-18/h2-4,18H,5-10,15H2,1H3. The first-order valence-electron chi connectivity index (χ1n) is 6.61.